The Balaban J connectivity index is 1.99. The number of ether oxygens (including phenoxy) is 1. The summed E-state index contributed by atoms with van der Waals surface area (Å²) in [6.07, 6.45) is 1.98. The number of fused-ring (bicyclic) bond motifs is 1. The predicted octanol–water partition coefficient (Wildman–Crippen LogP) is 5.58. The standard InChI is InChI=1S/C21H20ClNO2/c1-2-3-13-25-19-14-17(16-11-7-8-12-18(16)23-19)21(24)20(22)15-9-5-4-6-10-15/h4-12,14,20H,2-3,13H2,1H3. The summed E-state index contributed by atoms with van der Waals surface area (Å²) >= 11 is 6.46. The number of hydrogen-bond acceptors (Lipinski definition) is 3. The predicted molar refractivity (Wildman–Crippen MR) is 102 cm³/mol. The van der Waals surface area contributed by atoms with Gasteiger partial charge in [0.25, 0.3) is 0 Å². The van der Waals surface area contributed by atoms with Gasteiger partial charge in [-0.1, -0.05) is 61.9 Å². The van der Waals surface area contributed by atoms with Crippen LogP contribution in [0.2, 0.25) is 0 Å². The van der Waals surface area contributed by atoms with E-state index in [0.29, 0.717) is 18.1 Å². The van der Waals surface area contributed by atoms with Crippen molar-refractivity contribution in [2.24, 2.45) is 0 Å². The summed E-state index contributed by atoms with van der Waals surface area (Å²) in [5, 5.41) is 0.0485. The van der Waals surface area contributed by atoms with E-state index in [9.17, 15) is 4.79 Å². The molecule has 0 aliphatic heterocycles. The maximum atomic E-state index is 13.0. The van der Waals surface area contributed by atoms with Gasteiger partial charge in [-0.05, 0) is 18.1 Å². The van der Waals surface area contributed by atoms with Crippen molar-refractivity contribution in [3.05, 3.63) is 71.8 Å². The molecule has 3 nitrogen and oxygen atoms in total. The Labute approximate surface area is 152 Å². The normalized spacial score (nSPS) is 12.1. The van der Waals surface area contributed by atoms with E-state index in [0.717, 1.165) is 29.3 Å². The number of halogens is 1. The molecule has 0 spiro atoms. The molecule has 3 rings (SSSR count). The van der Waals surface area contributed by atoms with Crippen molar-refractivity contribution < 1.29 is 9.53 Å². The van der Waals surface area contributed by atoms with Crippen molar-refractivity contribution in [2.75, 3.05) is 6.61 Å². The molecule has 2 aromatic carbocycles. The summed E-state index contributed by atoms with van der Waals surface area (Å²) in [5.74, 6) is 0.319. The SMILES string of the molecule is CCCCOc1cc(C(=O)C(Cl)c2ccccc2)c2ccccc2n1. The Hall–Kier alpha value is -2.39. The summed E-state index contributed by atoms with van der Waals surface area (Å²) in [5.41, 5.74) is 2.06. The number of carbonyl (C=O) groups is 1. The van der Waals surface area contributed by atoms with Crippen molar-refractivity contribution in [1.82, 2.24) is 4.98 Å². The lowest BCUT2D eigenvalue weighted by Crippen LogP contribution is -2.10. The Kier molecular flexibility index (Phi) is 5.67. The van der Waals surface area contributed by atoms with Gasteiger partial charge in [-0.15, -0.1) is 11.6 Å². The molecule has 0 saturated heterocycles. The maximum Gasteiger partial charge on any atom is 0.214 e. The van der Waals surface area contributed by atoms with Crippen molar-refractivity contribution >= 4 is 28.3 Å². The van der Waals surface area contributed by atoms with Crippen LogP contribution in [0.5, 0.6) is 5.88 Å². The van der Waals surface area contributed by atoms with Crippen molar-refractivity contribution in [3.8, 4) is 5.88 Å². The Morgan fingerprint density at radius 3 is 2.60 bits per heavy atom. The number of hydrogen-bond donors (Lipinski definition) is 0. The zero-order chi connectivity index (χ0) is 17.6. The van der Waals surface area contributed by atoms with E-state index in [1.165, 1.54) is 0 Å². The molecule has 0 aliphatic carbocycles. The number of aromatic nitrogens is 1. The summed E-state index contributed by atoms with van der Waals surface area (Å²) in [6, 6.07) is 18.6. The van der Waals surface area contributed by atoms with Crippen LogP contribution >= 0.6 is 11.6 Å². The number of benzene rings is 2. The fraction of sp³-hybridized carbons (Fsp3) is 0.238. The average molecular weight is 354 g/mol. The monoisotopic (exact) mass is 353 g/mol. The number of unbranched alkanes of at least 4 members (excludes halogenated alkanes) is 1. The quantitative estimate of drug-likeness (QED) is 0.316. The number of rotatable bonds is 7. The number of nitrogens with zero attached hydrogens (tertiary/aromatic N) is 1. The smallest absolute Gasteiger partial charge is 0.214 e. The molecule has 1 heterocycles. The number of ketones is 1. The van der Waals surface area contributed by atoms with E-state index in [2.05, 4.69) is 11.9 Å². The van der Waals surface area contributed by atoms with Gasteiger partial charge in [0.15, 0.2) is 5.78 Å². The highest BCUT2D eigenvalue weighted by Gasteiger charge is 2.22. The fourth-order valence-corrected chi connectivity index (χ4v) is 2.92. The van der Waals surface area contributed by atoms with Crippen LogP contribution < -0.4 is 4.74 Å². The molecule has 4 heteroatoms. The summed E-state index contributed by atoms with van der Waals surface area (Å²) in [6.45, 7) is 2.68. The van der Waals surface area contributed by atoms with Gasteiger partial charge in [-0.2, -0.15) is 0 Å². The minimum atomic E-state index is -0.740. The van der Waals surface area contributed by atoms with E-state index in [1.807, 2.05) is 54.6 Å². The summed E-state index contributed by atoms with van der Waals surface area (Å²) in [7, 11) is 0. The van der Waals surface area contributed by atoms with Crippen LogP contribution in [0.3, 0.4) is 0 Å². The van der Waals surface area contributed by atoms with E-state index in [-0.39, 0.29) is 5.78 Å². The molecule has 3 aromatic rings. The first-order valence-corrected chi connectivity index (χ1v) is 8.90. The third-order valence-corrected chi connectivity index (χ3v) is 4.48. The lowest BCUT2D eigenvalue weighted by atomic mass is 9.99. The van der Waals surface area contributed by atoms with Crippen LogP contribution in [-0.4, -0.2) is 17.4 Å². The third-order valence-electron chi connectivity index (χ3n) is 4.03. The van der Waals surface area contributed by atoms with Gasteiger partial charge in [0.2, 0.25) is 5.88 Å². The zero-order valence-corrected chi connectivity index (χ0v) is 14.9. The Morgan fingerprint density at radius 1 is 1.12 bits per heavy atom. The minimum absolute atomic E-state index is 0.146. The van der Waals surface area contributed by atoms with E-state index < -0.39 is 5.38 Å². The van der Waals surface area contributed by atoms with Gasteiger partial charge in [0.05, 0.1) is 12.1 Å². The van der Waals surface area contributed by atoms with Crippen molar-refractivity contribution in [3.63, 3.8) is 0 Å². The molecule has 0 radical (unpaired) electrons. The molecule has 0 bridgehead atoms. The van der Waals surface area contributed by atoms with E-state index >= 15 is 0 Å². The van der Waals surface area contributed by atoms with Crippen LogP contribution in [-0.2, 0) is 0 Å². The first kappa shape index (κ1) is 17.4. The average Bonchev–Trinajstić information content (AvgIpc) is 2.67. The molecule has 0 aliphatic rings. The molecule has 0 fully saturated rings. The molecule has 25 heavy (non-hydrogen) atoms. The van der Waals surface area contributed by atoms with Gasteiger partial charge in [0, 0.05) is 17.0 Å². The topological polar surface area (TPSA) is 39.2 Å². The van der Waals surface area contributed by atoms with Gasteiger partial charge >= 0.3 is 0 Å². The molecule has 1 unspecified atom stereocenters. The minimum Gasteiger partial charge on any atom is -0.478 e. The highest BCUT2D eigenvalue weighted by Crippen LogP contribution is 2.30. The van der Waals surface area contributed by atoms with Crippen LogP contribution in [0.1, 0.15) is 41.1 Å². The van der Waals surface area contributed by atoms with Gasteiger partial charge in [0.1, 0.15) is 5.38 Å². The molecule has 1 aromatic heterocycles. The highest BCUT2D eigenvalue weighted by molar-refractivity contribution is 6.35. The summed E-state index contributed by atoms with van der Waals surface area (Å²) < 4.78 is 5.72. The third kappa shape index (κ3) is 3.99. The largest absolute Gasteiger partial charge is 0.478 e. The van der Waals surface area contributed by atoms with Crippen LogP contribution in [0.15, 0.2) is 60.7 Å². The van der Waals surface area contributed by atoms with Crippen molar-refractivity contribution in [2.45, 2.75) is 25.1 Å². The second-order valence-electron chi connectivity index (χ2n) is 5.86. The van der Waals surface area contributed by atoms with Crippen molar-refractivity contribution in [1.29, 1.82) is 0 Å². The van der Waals surface area contributed by atoms with E-state index in [4.69, 9.17) is 16.3 Å². The molecule has 1 atom stereocenters. The Morgan fingerprint density at radius 2 is 1.84 bits per heavy atom. The molecule has 128 valence electrons. The van der Waals surface area contributed by atoms with E-state index in [1.54, 1.807) is 6.07 Å². The second-order valence-corrected chi connectivity index (χ2v) is 6.30. The molecule has 0 saturated carbocycles. The van der Waals surface area contributed by atoms with Gasteiger partial charge < -0.3 is 4.74 Å². The van der Waals surface area contributed by atoms with Crippen LogP contribution in [0.25, 0.3) is 10.9 Å². The lowest BCUT2D eigenvalue weighted by Gasteiger charge is -2.13. The zero-order valence-electron chi connectivity index (χ0n) is 14.1. The molecular weight excluding hydrogens is 334 g/mol. The first-order chi connectivity index (χ1) is 12.2. The fourth-order valence-electron chi connectivity index (χ4n) is 2.66. The van der Waals surface area contributed by atoms with Crippen LogP contribution in [0.4, 0.5) is 0 Å². The number of alkyl halides is 1. The molecule has 0 amide bonds. The number of carbonyl (C=O) groups excluding carboxylic acids is 1. The maximum absolute atomic E-state index is 13.0. The number of para-hydroxylation sites is 1. The van der Waals surface area contributed by atoms with Crippen LogP contribution in [0, 0.1) is 0 Å². The number of Topliss-reactive ketones (excluding diaryl/α,β-unsaturated/α-hetero) is 1. The number of pyridine rings is 1. The van der Waals surface area contributed by atoms with Gasteiger partial charge in [-0.25, -0.2) is 4.98 Å². The first-order valence-electron chi connectivity index (χ1n) is 8.46. The highest BCUT2D eigenvalue weighted by atomic mass is 35.5. The molecule has 0 N–H and O–H groups in total. The van der Waals surface area contributed by atoms with Gasteiger partial charge in [-0.3, -0.25) is 4.79 Å². The molecular formula is C21H20ClNO2. The Bertz CT molecular complexity index is 864. The lowest BCUT2D eigenvalue weighted by molar-refractivity contribution is 0.0988. The second kappa shape index (κ2) is 8.13. The summed E-state index contributed by atoms with van der Waals surface area (Å²) in [4.78, 5) is 17.5.